The average molecular weight is 261 g/mol. The molecule has 0 radical (unpaired) electrons. The number of rotatable bonds is 5. The number of hydrogen-bond donors (Lipinski definition) is 2. The summed E-state index contributed by atoms with van der Waals surface area (Å²) in [4.78, 5) is 14.2. The molecule has 1 amide bonds. The molecule has 1 saturated heterocycles. The first-order chi connectivity index (χ1) is 9.29. The van der Waals surface area contributed by atoms with Crippen LogP contribution in [0, 0.1) is 0 Å². The minimum Gasteiger partial charge on any atom is -0.329 e. The summed E-state index contributed by atoms with van der Waals surface area (Å²) in [7, 11) is 0. The van der Waals surface area contributed by atoms with Crippen molar-refractivity contribution in [2.45, 2.75) is 31.7 Å². The Hall–Kier alpha value is -1.39. The zero-order valence-electron chi connectivity index (χ0n) is 11.3. The lowest BCUT2D eigenvalue weighted by atomic mass is 10.0. The molecule has 0 spiro atoms. The molecule has 1 aliphatic heterocycles. The summed E-state index contributed by atoms with van der Waals surface area (Å²) in [6.45, 7) is 2.57. The summed E-state index contributed by atoms with van der Waals surface area (Å²) in [5, 5.41) is 2.92. The Labute approximate surface area is 115 Å². The second kappa shape index (κ2) is 7.26. The van der Waals surface area contributed by atoms with Gasteiger partial charge in [-0.05, 0) is 31.5 Å². The Morgan fingerprint density at radius 3 is 2.84 bits per heavy atom. The highest BCUT2D eigenvalue weighted by Gasteiger charge is 2.21. The molecule has 1 fully saturated rings. The molecule has 0 aliphatic carbocycles. The molecule has 1 aliphatic rings. The van der Waals surface area contributed by atoms with Gasteiger partial charge in [0, 0.05) is 31.2 Å². The van der Waals surface area contributed by atoms with Gasteiger partial charge in [0.25, 0.3) is 0 Å². The van der Waals surface area contributed by atoms with E-state index in [-0.39, 0.29) is 5.91 Å². The van der Waals surface area contributed by atoms with Crippen LogP contribution in [0.15, 0.2) is 30.3 Å². The number of nitrogens with zero attached hydrogens (tertiary/aromatic N) is 1. The smallest absolute Gasteiger partial charge is 0.225 e. The fourth-order valence-electron chi connectivity index (χ4n) is 2.61. The number of piperidine rings is 1. The molecule has 3 N–H and O–H groups in total. The molecular weight excluding hydrogens is 238 g/mol. The molecular formula is C15H23N3O. The van der Waals surface area contributed by atoms with E-state index in [0.29, 0.717) is 19.0 Å². The number of nitrogens with two attached hydrogens (primary N) is 1. The monoisotopic (exact) mass is 261 g/mol. The predicted octanol–water partition coefficient (Wildman–Crippen LogP) is 1.83. The van der Waals surface area contributed by atoms with E-state index >= 15 is 0 Å². The fraction of sp³-hybridized carbons (Fsp3) is 0.533. The van der Waals surface area contributed by atoms with Crippen molar-refractivity contribution in [1.29, 1.82) is 0 Å². The van der Waals surface area contributed by atoms with Crippen molar-refractivity contribution < 1.29 is 4.79 Å². The second-order valence-electron chi connectivity index (χ2n) is 5.09. The quantitative estimate of drug-likeness (QED) is 0.850. The second-order valence-corrected chi connectivity index (χ2v) is 5.09. The summed E-state index contributed by atoms with van der Waals surface area (Å²) in [6.07, 6.45) is 4.17. The van der Waals surface area contributed by atoms with Crippen LogP contribution in [-0.2, 0) is 4.79 Å². The van der Waals surface area contributed by atoms with E-state index in [1.165, 1.54) is 12.8 Å². The lowest BCUT2D eigenvalue weighted by Gasteiger charge is -2.34. The van der Waals surface area contributed by atoms with Crippen LogP contribution < -0.4 is 11.1 Å². The minimum absolute atomic E-state index is 0.0764. The highest BCUT2D eigenvalue weighted by atomic mass is 16.1. The lowest BCUT2D eigenvalue weighted by Crippen LogP contribution is -2.45. The number of carbonyl (C=O) groups is 1. The standard InChI is InChI=1S/C15H23N3O/c16-12-14-8-4-5-10-18(14)11-9-15(19)17-13-6-2-1-3-7-13/h1-3,6-7,14H,4-5,8-12,16H2,(H,17,19). The minimum atomic E-state index is 0.0764. The average Bonchev–Trinajstić information content (AvgIpc) is 2.46. The molecule has 2 rings (SSSR count). The van der Waals surface area contributed by atoms with Gasteiger partial charge in [-0.1, -0.05) is 24.6 Å². The Bertz CT molecular complexity index is 394. The highest BCUT2D eigenvalue weighted by Crippen LogP contribution is 2.16. The van der Waals surface area contributed by atoms with E-state index < -0.39 is 0 Å². The molecule has 0 bridgehead atoms. The largest absolute Gasteiger partial charge is 0.329 e. The van der Waals surface area contributed by atoms with E-state index in [9.17, 15) is 4.79 Å². The SMILES string of the molecule is NCC1CCCCN1CCC(=O)Nc1ccccc1. The normalized spacial score (nSPS) is 20.2. The summed E-state index contributed by atoms with van der Waals surface area (Å²) in [5.41, 5.74) is 6.64. The van der Waals surface area contributed by atoms with Gasteiger partial charge in [0.1, 0.15) is 0 Å². The zero-order valence-corrected chi connectivity index (χ0v) is 11.3. The Morgan fingerprint density at radius 1 is 1.32 bits per heavy atom. The molecule has 1 unspecified atom stereocenters. The molecule has 1 heterocycles. The number of para-hydroxylation sites is 1. The van der Waals surface area contributed by atoms with Crippen molar-refractivity contribution in [3.8, 4) is 0 Å². The highest BCUT2D eigenvalue weighted by molar-refractivity contribution is 5.90. The Balaban J connectivity index is 1.76. The summed E-state index contributed by atoms with van der Waals surface area (Å²) >= 11 is 0. The molecule has 19 heavy (non-hydrogen) atoms. The molecule has 1 aromatic rings. The molecule has 1 aromatic carbocycles. The van der Waals surface area contributed by atoms with Gasteiger partial charge < -0.3 is 11.1 Å². The van der Waals surface area contributed by atoms with Crippen molar-refractivity contribution in [2.24, 2.45) is 5.73 Å². The van der Waals surface area contributed by atoms with Crippen LogP contribution in [0.1, 0.15) is 25.7 Å². The number of amides is 1. The van der Waals surface area contributed by atoms with Gasteiger partial charge in [0.2, 0.25) is 5.91 Å². The van der Waals surface area contributed by atoms with Crippen molar-refractivity contribution in [3.05, 3.63) is 30.3 Å². The third-order valence-corrected chi connectivity index (χ3v) is 3.70. The van der Waals surface area contributed by atoms with Gasteiger partial charge in [0.15, 0.2) is 0 Å². The van der Waals surface area contributed by atoms with Crippen LogP contribution in [-0.4, -0.2) is 36.5 Å². The van der Waals surface area contributed by atoms with E-state index in [1.807, 2.05) is 30.3 Å². The molecule has 4 heteroatoms. The van der Waals surface area contributed by atoms with E-state index in [4.69, 9.17) is 5.73 Å². The lowest BCUT2D eigenvalue weighted by molar-refractivity contribution is -0.116. The molecule has 1 atom stereocenters. The first-order valence-electron chi connectivity index (χ1n) is 7.08. The third kappa shape index (κ3) is 4.33. The topological polar surface area (TPSA) is 58.4 Å². The number of likely N-dealkylation sites (tertiary alicyclic amines) is 1. The first-order valence-corrected chi connectivity index (χ1v) is 7.08. The number of carbonyl (C=O) groups excluding carboxylic acids is 1. The van der Waals surface area contributed by atoms with Crippen LogP contribution in [0.5, 0.6) is 0 Å². The van der Waals surface area contributed by atoms with Crippen LogP contribution in [0.2, 0.25) is 0 Å². The van der Waals surface area contributed by atoms with Gasteiger partial charge in [-0.15, -0.1) is 0 Å². The Morgan fingerprint density at radius 2 is 2.11 bits per heavy atom. The number of nitrogens with one attached hydrogen (secondary N) is 1. The van der Waals surface area contributed by atoms with E-state index in [2.05, 4.69) is 10.2 Å². The van der Waals surface area contributed by atoms with Gasteiger partial charge in [0.05, 0.1) is 0 Å². The van der Waals surface area contributed by atoms with Crippen LogP contribution in [0.3, 0.4) is 0 Å². The molecule has 4 nitrogen and oxygen atoms in total. The fourth-order valence-corrected chi connectivity index (χ4v) is 2.61. The third-order valence-electron chi connectivity index (χ3n) is 3.70. The number of benzene rings is 1. The summed E-state index contributed by atoms with van der Waals surface area (Å²) in [6, 6.07) is 10.0. The van der Waals surface area contributed by atoms with Gasteiger partial charge in [-0.2, -0.15) is 0 Å². The van der Waals surface area contributed by atoms with Crippen molar-refractivity contribution in [3.63, 3.8) is 0 Å². The maximum Gasteiger partial charge on any atom is 0.225 e. The van der Waals surface area contributed by atoms with Gasteiger partial charge in [-0.3, -0.25) is 9.69 Å². The first kappa shape index (κ1) is 14.0. The maximum absolute atomic E-state index is 11.9. The molecule has 0 saturated carbocycles. The summed E-state index contributed by atoms with van der Waals surface area (Å²) < 4.78 is 0. The van der Waals surface area contributed by atoms with Crippen LogP contribution in [0.4, 0.5) is 5.69 Å². The maximum atomic E-state index is 11.9. The van der Waals surface area contributed by atoms with Crippen LogP contribution in [0.25, 0.3) is 0 Å². The van der Waals surface area contributed by atoms with Crippen LogP contribution >= 0.6 is 0 Å². The van der Waals surface area contributed by atoms with Crippen molar-refractivity contribution in [2.75, 3.05) is 25.0 Å². The number of hydrogen-bond acceptors (Lipinski definition) is 3. The molecule has 0 aromatic heterocycles. The van der Waals surface area contributed by atoms with Gasteiger partial charge in [-0.25, -0.2) is 0 Å². The van der Waals surface area contributed by atoms with Crippen molar-refractivity contribution in [1.82, 2.24) is 4.90 Å². The molecule has 104 valence electrons. The predicted molar refractivity (Wildman–Crippen MR) is 78.0 cm³/mol. The zero-order chi connectivity index (χ0) is 13.5. The summed E-state index contributed by atoms with van der Waals surface area (Å²) in [5.74, 6) is 0.0764. The van der Waals surface area contributed by atoms with Gasteiger partial charge >= 0.3 is 0 Å². The Kier molecular flexibility index (Phi) is 5.36. The van der Waals surface area contributed by atoms with Crippen molar-refractivity contribution >= 4 is 11.6 Å². The van der Waals surface area contributed by atoms with E-state index in [1.54, 1.807) is 0 Å². The van der Waals surface area contributed by atoms with E-state index in [0.717, 1.165) is 25.2 Å². The number of anilines is 1.